The van der Waals surface area contributed by atoms with Crippen LogP contribution >= 0.6 is 0 Å². The highest BCUT2D eigenvalue weighted by Crippen LogP contribution is 2.13. The molecule has 0 radical (unpaired) electrons. The molecule has 1 fully saturated rings. The van der Waals surface area contributed by atoms with Gasteiger partial charge in [0.05, 0.1) is 13.2 Å². The molecule has 1 saturated heterocycles. The van der Waals surface area contributed by atoms with Gasteiger partial charge in [0.2, 0.25) is 0 Å². The quantitative estimate of drug-likeness (QED) is 0.646. The Bertz CT molecular complexity index is 295. The average molecular weight is 169 g/mol. The van der Waals surface area contributed by atoms with E-state index in [1.54, 1.807) is 0 Å². The van der Waals surface area contributed by atoms with Gasteiger partial charge in [-0.05, 0) is 6.42 Å². The third-order valence-corrected chi connectivity index (χ3v) is 2.09. The first kappa shape index (κ1) is 7.61. The van der Waals surface area contributed by atoms with Crippen LogP contribution in [0.3, 0.4) is 0 Å². The Hall–Kier alpha value is -1.03. The third-order valence-electron chi connectivity index (χ3n) is 2.09. The Morgan fingerprint density at radius 2 is 2.58 bits per heavy atom. The van der Waals surface area contributed by atoms with E-state index in [1.165, 1.54) is 17.1 Å². The summed E-state index contributed by atoms with van der Waals surface area (Å²) in [5.74, 6) is 0.439. The fraction of sp³-hybridized carbons (Fsp3) is 0.625. The lowest BCUT2D eigenvalue weighted by atomic mass is 10.1. The van der Waals surface area contributed by atoms with Crippen molar-refractivity contribution in [3.63, 3.8) is 0 Å². The molecule has 0 amide bonds. The van der Waals surface area contributed by atoms with Gasteiger partial charge in [-0.2, -0.15) is 4.74 Å². The largest absolute Gasteiger partial charge is 0.384 e. The molecule has 0 N–H and O–H groups in total. The molecule has 1 aromatic rings. The van der Waals surface area contributed by atoms with Gasteiger partial charge >= 0.3 is 0 Å². The molecule has 12 heavy (non-hydrogen) atoms. The van der Waals surface area contributed by atoms with Crippen molar-refractivity contribution in [2.24, 2.45) is 5.92 Å². The maximum absolute atomic E-state index is 11.0. The van der Waals surface area contributed by atoms with Gasteiger partial charge in [-0.1, -0.05) is 0 Å². The maximum atomic E-state index is 11.0. The predicted octanol–water partition coefficient (Wildman–Crippen LogP) is 0.478. The highest BCUT2D eigenvalue weighted by Gasteiger charge is 2.17. The topological polar surface area (TPSA) is 44.4 Å². The molecule has 66 valence electrons. The predicted molar refractivity (Wildman–Crippen MR) is 41.9 cm³/mol. The number of aromatic nitrogens is 1. The summed E-state index contributed by atoms with van der Waals surface area (Å²) in [6.07, 6.45) is 2.44. The van der Waals surface area contributed by atoms with Crippen LogP contribution in [0.15, 0.2) is 21.6 Å². The lowest BCUT2D eigenvalue weighted by Crippen LogP contribution is -2.19. The molecule has 0 spiro atoms. The van der Waals surface area contributed by atoms with Crippen molar-refractivity contribution in [3.8, 4) is 0 Å². The van der Waals surface area contributed by atoms with Crippen LogP contribution in [0.4, 0.5) is 0 Å². The molecule has 0 saturated carbocycles. The summed E-state index contributed by atoms with van der Waals surface area (Å²) in [4.78, 5) is 11.0. The number of hydrogen-bond donors (Lipinski definition) is 0. The van der Waals surface area contributed by atoms with E-state index >= 15 is 0 Å². The van der Waals surface area contributed by atoms with Crippen molar-refractivity contribution >= 4 is 0 Å². The zero-order valence-corrected chi connectivity index (χ0v) is 6.73. The molecule has 2 rings (SSSR count). The van der Waals surface area contributed by atoms with E-state index in [0.29, 0.717) is 12.5 Å². The van der Waals surface area contributed by atoms with Crippen molar-refractivity contribution in [1.82, 2.24) is 4.74 Å². The van der Waals surface area contributed by atoms with Gasteiger partial charge in [0.25, 0.3) is 5.56 Å². The van der Waals surface area contributed by atoms with E-state index in [0.717, 1.165) is 19.6 Å². The van der Waals surface area contributed by atoms with E-state index in [1.807, 2.05) is 0 Å². The van der Waals surface area contributed by atoms with Crippen molar-refractivity contribution in [2.45, 2.75) is 13.0 Å². The van der Waals surface area contributed by atoms with Crippen LogP contribution < -0.4 is 5.56 Å². The number of rotatable bonds is 2. The van der Waals surface area contributed by atoms with Gasteiger partial charge in [-0.25, -0.2) is 0 Å². The summed E-state index contributed by atoms with van der Waals surface area (Å²) in [6, 6.07) is 1.43. The molecule has 0 bridgehead atoms. The maximum Gasteiger partial charge on any atom is 0.282 e. The van der Waals surface area contributed by atoms with Gasteiger partial charge < -0.3 is 9.26 Å². The second-order valence-corrected chi connectivity index (χ2v) is 3.04. The van der Waals surface area contributed by atoms with Crippen LogP contribution in [0.25, 0.3) is 0 Å². The van der Waals surface area contributed by atoms with E-state index in [4.69, 9.17) is 9.26 Å². The lowest BCUT2D eigenvalue weighted by molar-refractivity contribution is 0.166. The summed E-state index contributed by atoms with van der Waals surface area (Å²) >= 11 is 0. The molecule has 2 heterocycles. The van der Waals surface area contributed by atoms with E-state index in [9.17, 15) is 4.79 Å². The smallest absolute Gasteiger partial charge is 0.282 e. The first-order chi connectivity index (χ1) is 5.86. The minimum atomic E-state index is -0.0677. The van der Waals surface area contributed by atoms with Crippen LogP contribution in [0, 0.1) is 5.92 Å². The standard InChI is InChI=1S/C8H11NO3/c10-8-2-4-12-9(8)5-7-1-3-11-6-7/h2,4,7H,1,3,5-6H2. The Labute approximate surface area is 69.7 Å². The second-order valence-electron chi connectivity index (χ2n) is 3.04. The van der Waals surface area contributed by atoms with E-state index in [2.05, 4.69) is 0 Å². The first-order valence-electron chi connectivity index (χ1n) is 4.09. The van der Waals surface area contributed by atoms with Gasteiger partial charge in [-0.3, -0.25) is 4.79 Å². The lowest BCUT2D eigenvalue weighted by Gasteiger charge is -2.04. The van der Waals surface area contributed by atoms with E-state index in [-0.39, 0.29) is 5.56 Å². The molecule has 1 unspecified atom stereocenters. The third kappa shape index (κ3) is 1.43. The van der Waals surface area contributed by atoms with Crippen LogP contribution in [-0.4, -0.2) is 18.0 Å². The molecule has 1 atom stereocenters. The molecule has 4 heteroatoms. The number of ether oxygens (including phenoxy) is 1. The highest BCUT2D eigenvalue weighted by molar-refractivity contribution is 4.77. The molecule has 1 aromatic heterocycles. The van der Waals surface area contributed by atoms with Crippen molar-refractivity contribution in [2.75, 3.05) is 13.2 Å². The normalized spacial score (nSPS) is 23.2. The molecule has 0 aromatic carbocycles. The van der Waals surface area contributed by atoms with Crippen LogP contribution in [-0.2, 0) is 11.3 Å². The summed E-state index contributed by atoms with van der Waals surface area (Å²) in [7, 11) is 0. The number of hydrogen-bond acceptors (Lipinski definition) is 3. The Kier molecular flexibility index (Phi) is 1.99. The SMILES string of the molecule is O=c1ccon1CC1CCOC1. The molecule has 0 aliphatic carbocycles. The Balaban J connectivity index is 2.03. The molecule has 4 nitrogen and oxygen atoms in total. The van der Waals surface area contributed by atoms with Gasteiger partial charge in [0, 0.05) is 18.6 Å². The fourth-order valence-corrected chi connectivity index (χ4v) is 1.39. The minimum Gasteiger partial charge on any atom is -0.384 e. The monoisotopic (exact) mass is 169 g/mol. The van der Waals surface area contributed by atoms with Crippen LogP contribution in [0.1, 0.15) is 6.42 Å². The fourth-order valence-electron chi connectivity index (χ4n) is 1.39. The highest BCUT2D eigenvalue weighted by atomic mass is 16.5. The summed E-state index contributed by atoms with van der Waals surface area (Å²) < 4.78 is 11.5. The Morgan fingerprint density at radius 1 is 1.67 bits per heavy atom. The Morgan fingerprint density at radius 3 is 3.17 bits per heavy atom. The van der Waals surface area contributed by atoms with Gasteiger partial charge in [0.1, 0.15) is 6.26 Å². The molecule has 1 aliphatic heterocycles. The average Bonchev–Trinajstić information content (AvgIpc) is 2.65. The van der Waals surface area contributed by atoms with Crippen LogP contribution in [0.2, 0.25) is 0 Å². The molecule has 1 aliphatic rings. The van der Waals surface area contributed by atoms with Gasteiger partial charge in [-0.15, -0.1) is 0 Å². The summed E-state index contributed by atoms with van der Waals surface area (Å²) in [6.45, 7) is 2.19. The summed E-state index contributed by atoms with van der Waals surface area (Å²) in [5, 5.41) is 0. The minimum absolute atomic E-state index is 0.0677. The molecular weight excluding hydrogens is 158 g/mol. The van der Waals surface area contributed by atoms with Crippen molar-refractivity contribution < 1.29 is 9.26 Å². The van der Waals surface area contributed by atoms with Gasteiger partial charge in [0.15, 0.2) is 0 Å². The van der Waals surface area contributed by atoms with E-state index < -0.39 is 0 Å². The summed E-state index contributed by atoms with van der Waals surface area (Å²) in [5.41, 5.74) is -0.0677. The van der Waals surface area contributed by atoms with Crippen LogP contribution in [0.5, 0.6) is 0 Å². The zero-order chi connectivity index (χ0) is 8.39. The molecular formula is C8H11NO3. The van der Waals surface area contributed by atoms with Crippen molar-refractivity contribution in [1.29, 1.82) is 0 Å². The zero-order valence-electron chi connectivity index (χ0n) is 6.73. The second kappa shape index (κ2) is 3.15. The first-order valence-corrected chi connectivity index (χ1v) is 4.09. The van der Waals surface area contributed by atoms with Crippen molar-refractivity contribution in [3.05, 3.63) is 22.7 Å². The number of nitrogens with zero attached hydrogens (tertiary/aromatic N) is 1.